The van der Waals surface area contributed by atoms with E-state index in [0.29, 0.717) is 17.8 Å². The highest BCUT2D eigenvalue weighted by Crippen LogP contribution is 2.55. The summed E-state index contributed by atoms with van der Waals surface area (Å²) in [4.78, 5) is 17.8. The van der Waals surface area contributed by atoms with Crippen LogP contribution in [-0.4, -0.2) is 37.8 Å². The highest BCUT2D eigenvalue weighted by molar-refractivity contribution is 6.17. The third-order valence-corrected chi connectivity index (χ3v) is 28.4. The second-order valence-corrected chi connectivity index (χ2v) is 35.8. The fourth-order valence-electron chi connectivity index (χ4n) is 22.4. The Balaban J connectivity index is 0.687. The van der Waals surface area contributed by atoms with Crippen LogP contribution in [0.2, 0.25) is 0 Å². The molecule has 0 fully saturated rings. The van der Waals surface area contributed by atoms with Crippen LogP contribution >= 0.6 is 0 Å². The number of hydrogen-bond donors (Lipinski definition) is 0. The zero-order valence-electron chi connectivity index (χ0n) is 68.5. The number of aromatic nitrogens is 8. The van der Waals surface area contributed by atoms with Gasteiger partial charge in [-0.2, -0.15) is 15.0 Å². The molecule has 0 spiro atoms. The average Bonchev–Trinajstić information content (AvgIpc) is 1.53. The molecule has 0 saturated heterocycles. The van der Waals surface area contributed by atoms with Crippen LogP contribution in [-0.2, 0) is 16.2 Å². The highest BCUT2D eigenvalue weighted by Gasteiger charge is 2.40. The third-order valence-electron chi connectivity index (χ3n) is 28.4. The van der Waals surface area contributed by atoms with E-state index in [9.17, 15) is 0 Å². The zero-order valence-corrected chi connectivity index (χ0v) is 68.5. The summed E-state index contributed by atoms with van der Waals surface area (Å²) < 4.78 is 18.2. The first-order valence-corrected chi connectivity index (χ1v) is 42.8. The molecule has 17 aromatic carbocycles. The zero-order chi connectivity index (χ0) is 81.4. The molecule has 0 amide bonds. The molecule has 0 bridgehead atoms. The first kappa shape index (κ1) is 68.5. The topological polar surface area (TPSA) is 76.5 Å². The van der Waals surface area contributed by atoms with E-state index in [1.54, 1.807) is 0 Å². The van der Waals surface area contributed by atoms with Crippen LogP contribution in [0.4, 0.5) is 0 Å². The van der Waals surface area contributed by atoms with Crippen LogP contribution in [0.15, 0.2) is 356 Å². The van der Waals surface area contributed by atoms with Crippen molar-refractivity contribution < 1.29 is 4.42 Å². The summed E-state index contributed by atoms with van der Waals surface area (Å²) in [6, 6.07) is 131. The van der Waals surface area contributed by atoms with Gasteiger partial charge in [0.05, 0.1) is 55.2 Å². The van der Waals surface area contributed by atoms with Crippen LogP contribution in [0.3, 0.4) is 0 Å². The lowest BCUT2D eigenvalue weighted by Gasteiger charge is -2.22. The molecule has 0 unspecified atom stereocenters. The van der Waals surface area contributed by atoms with Gasteiger partial charge in [-0.15, -0.1) is 0 Å². The van der Waals surface area contributed by atoms with Gasteiger partial charge in [-0.25, -0.2) is 0 Å². The standard InChI is InChI=1S/C114H76N8O/c1-112(2)91-31-15-7-23-73(91)76-47-45-71(61-94(76)112)118-97-34-18-10-26-78(97)84-55-65(39-49-101(84)118)68-42-52-104-87(58-68)88-59-69(66-40-50-102-85(56-66)79-27-11-19-35-98(79)119(102)72-46-48-77-74-24-8-16-32-92(74)113(3,4)95(77)62-72)43-53-105(88)121(104)110-115-109(116-111(117-110)122-100-37-21-13-29-81(100)89-63-83-75-25-9-17-33-93(75)114(5,6)96(83)64-106(89)122)120-99-36-20-12-28-80(99)86-57-67(41-51-103(86)120)70-44-54-108-90(60-70)82-30-14-22-38-107(82)123-108/h7-64H,1-6H3. The quantitative estimate of drug-likeness (QED) is 0.152. The van der Waals surface area contributed by atoms with Gasteiger partial charge in [-0.05, 0) is 240 Å². The van der Waals surface area contributed by atoms with E-state index in [1.165, 1.54) is 99.3 Å². The lowest BCUT2D eigenvalue weighted by molar-refractivity contribution is 0.660. The predicted molar refractivity (Wildman–Crippen MR) is 508 cm³/mol. The Morgan fingerprint density at radius 2 is 0.463 bits per heavy atom. The Morgan fingerprint density at radius 1 is 0.187 bits per heavy atom. The smallest absolute Gasteiger partial charge is 0.241 e. The van der Waals surface area contributed by atoms with Gasteiger partial charge >= 0.3 is 0 Å². The number of benzene rings is 17. The van der Waals surface area contributed by atoms with Crippen molar-refractivity contribution in [2.75, 3.05) is 0 Å². The minimum Gasteiger partial charge on any atom is -0.456 e. The fraction of sp³-hybridized carbons (Fsp3) is 0.0789. The molecule has 0 saturated carbocycles. The monoisotopic (exact) mass is 1570 g/mol. The van der Waals surface area contributed by atoms with Gasteiger partial charge in [0.2, 0.25) is 17.8 Å². The van der Waals surface area contributed by atoms with Gasteiger partial charge in [0.1, 0.15) is 11.2 Å². The maximum absolute atomic E-state index is 6.37. The van der Waals surface area contributed by atoms with Crippen molar-refractivity contribution in [3.63, 3.8) is 0 Å². The van der Waals surface area contributed by atoms with Crippen molar-refractivity contribution in [2.45, 2.75) is 57.8 Å². The molecular weight excluding hydrogens is 1500 g/mol. The summed E-state index contributed by atoms with van der Waals surface area (Å²) in [7, 11) is 0. The largest absolute Gasteiger partial charge is 0.456 e. The third kappa shape index (κ3) is 9.37. The van der Waals surface area contributed by atoms with Gasteiger partial charge in [0, 0.05) is 92.3 Å². The van der Waals surface area contributed by atoms with Gasteiger partial charge in [0.15, 0.2) is 0 Å². The molecule has 9 nitrogen and oxygen atoms in total. The first-order valence-electron chi connectivity index (χ1n) is 42.8. The minimum absolute atomic E-state index is 0.152. The molecule has 24 aromatic rings. The van der Waals surface area contributed by atoms with Gasteiger partial charge in [-0.1, -0.05) is 254 Å². The summed E-state index contributed by atoms with van der Waals surface area (Å²) in [5, 5.41) is 13.5. The van der Waals surface area contributed by atoms with Crippen molar-refractivity contribution >= 4 is 131 Å². The molecule has 123 heavy (non-hydrogen) atoms. The Kier molecular flexibility index (Phi) is 13.6. The second-order valence-electron chi connectivity index (χ2n) is 35.8. The molecule has 7 heterocycles. The lowest BCUT2D eigenvalue weighted by Crippen LogP contribution is -2.15. The van der Waals surface area contributed by atoms with Crippen molar-refractivity contribution in [3.05, 3.63) is 385 Å². The van der Waals surface area contributed by atoms with Gasteiger partial charge in [-0.3, -0.25) is 13.7 Å². The van der Waals surface area contributed by atoms with E-state index >= 15 is 0 Å². The number of rotatable bonds is 8. The molecule has 3 aliphatic rings. The van der Waals surface area contributed by atoms with E-state index in [4.69, 9.17) is 19.4 Å². The van der Waals surface area contributed by atoms with E-state index in [1.807, 2.05) is 12.1 Å². The summed E-state index contributed by atoms with van der Waals surface area (Å²) in [6.07, 6.45) is 0. The van der Waals surface area contributed by atoms with E-state index in [0.717, 1.165) is 143 Å². The van der Waals surface area contributed by atoms with Crippen LogP contribution in [0.1, 0.15) is 74.9 Å². The van der Waals surface area contributed by atoms with E-state index < -0.39 is 0 Å². The number of para-hydroxylation sites is 5. The summed E-state index contributed by atoms with van der Waals surface area (Å²) in [6.45, 7) is 14.2. The van der Waals surface area contributed by atoms with E-state index in [-0.39, 0.29) is 16.2 Å². The van der Waals surface area contributed by atoms with Crippen molar-refractivity contribution in [1.29, 1.82) is 0 Å². The van der Waals surface area contributed by atoms with E-state index in [2.05, 4.69) is 404 Å². The molecule has 0 atom stereocenters. The maximum Gasteiger partial charge on any atom is 0.241 e. The maximum atomic E-state index is 6.37. The molecular formula is C114H76N8O. The number of nitrogens with zero attached hydrogens (tertiary/aromatic N) is 8. The molecule has 0 N–H and O–H groups in total. The fourth-order valence-corrected chi connectivity index (χ4v) is 22.4. The van der Waals surface area contributed by atoms with Crippen LogP contribution in [0.5, 0.6) is 0 Å². The number of fused-ring (bicyclic) bond motifs is 27. The highest BCUT2D eigenvalue weighted by atomic mass is 16.3. The average molecular weight is 1570 g/mol. The molecule has 3 aliphatic carbocycles. The summed E-state index contributed by atoms with van der Waals surface area (Å²) in [5.41, 5.74) is 36.4. The second kappa shape index (κ2) is 24.4. The normalized spacial score (nSPS) is 14.1. The van der Waals surface area contributed by atoms with Gasteiger partial charge < -0.3 is 13.6 Å². The molecule has 0 aliphatic heterocycles. The predicted octanol–water partition coefficient (Wildman–Crippen LogP) is 29.2. The first-order chi connectivity index (χ1) is 60.2. The molecule has 0 radical (unpaired) electrons. The summed E-state index contributed by atoms with van der Waals surface area (Å²) >= 11 is 0. The molecule has 27 rings (SSSR count). The minimum atomic E-state index is -0.283. The lowest BCUT2D eigenvalue weighted by atomic mass is 9.82. The summed E-state index contributed by atoms with van der Waals surface area (Å²) in [5.74, 6) is 1.48. The van der Waals surface area contributed by atoms with Crippen LogP contribution < -0.4 is 0 Å². The van der Waals surface area contributed by atoms with Crippen molar-refractivity contribution in [3.8, 4) is 96.0 Å². The van der Waals surface area contributed by atoms with Crippen molar-refractivity contribution in [2.24, 2.45) is 0 Å². The molecule has 7 aromatic heterocycles. The number of hydrogen-bond acceptors (Lipinski definition) is 4. The van der Waals surface area contributed by atoms with Crippen molar-refractivity contribution in [1.82, 2.24) is 37.8 Å². The Bertz CT molecular complexity index is 8600. The van der Waals surface area contributed by atoms with Crippen LogP contribution in [0.25, 0.3) is 227 Å². The molecule has 9 heteroatoms. The number of furan rings is 1. The SMILES string of the molecule is CC1(C)c2ccccc2-c2ccc(-n3c4ccccc4c4cc(-c5ccc6c(c5)c5cc(-c7ccc8c(c7)c7ccccc7n8-c7ccc8c(c7)C(C)(C)c7ccccc7-8)ccc5n6-c5nc(-n6c7ccccc7c7cc(-c8ccc9oc%10ccccc%10c9c8)ccc76)nc(-n6c7ccccc7c7cc8c(cc76)C(C)(C)c6ccccc6-8)n5)ccc43)cc21. The Morgan fingerprint density at radius 3 is 0.878 bits per heavy atom. The molecule has 578 valence electrons. The Labute approximate surface area is 707 Å². The van der Waals surface area contributed by atoms with Gasteiger partial charge in [0.25, 0.3) is 0 Å². The van der Waals surface area contributed by atoms with Crippen LogP contribution in [0, 0.1) is 0 Å². The Hall–Kier alpha value is -15.5.